The van der Waals surface area contributed by atoms with Crippen molar-refractivity contribution in [2.45, 2.75) is 13.8 Å². The first kappa shape index (κ1) is 16.0. The van der Waals surface area contributed by atoms with Gasteiger partial charge in [0.1, 0.15) is 5.75 Å². The summed E-state index contributed by atoms with van der Waals surface area (Å²) in [5, 5.41) is 4.63. The molecule has 0 aliphatic carbocycles. The van der Waals surface area contributed by atoms with E-state index in [-0.39, 0.29) is 12.5 Å². The minimum Gasteiger partial charge on any atom is -0.484 e. The van der Waals surface area contributed by atoms with Crippen LogP contribution in [0.2, 0.25) is 5.02 Å². The van der Waals surface area contributed by atoms with E-state index in [4.69, 9.17) is 16.3 Å². The molecule has 0 unspecified atom stereocenters. The molecule has 1 amide bonds. The van der Waals surface area contributed by atoms with Crippen LogP contribution in [0.15, 0.2) is 53.6 Å². The average Bonchev–Trinajstić information content (AvgIpc) is 2.51. The summed E-state index contributed by atoms with van der Waals surface area (Å²) >= 11 is 5.84. The molecule has 0 atom stereocenters. The molecule has 0 bridgehead atoms. The van der Waals surface area contributed by atoms with Crippen LogP contribution in [-0.4, -0.2) is 18.2 Å². The average molecular weight is 317 g/mol. The van der Waals surface area contributed by atoms with E-state index >= 15 is 0 Å². The predicted octanol–water partition coefficient (Wildman–Crippen LogP) is 3.57. The summed E-state index contributed by atoms with van der Waals surface area (Å²) in [6, 6.07) is 14.8. The van der Waals surface area contributed by atoms with Crippen LogP contribution in [0.25, 0.3) is 0 Å². The number of halogens is 1. The molecule has 0 radical (unpaired) electrons. The standard InChI is InChI=1S/C17H17ClN2O2/c1-12-6-8-14(9-7-12)13(2)19-20-17(21)11-22-16-5-3-4-15(18)10-16/h3-10H,11H2,1-2H3,(H,20,21)/b19-13+. The second-order valence-corrected chi connectivity index (χ2v) is 5.28. The fourth-order valence-electron chi connectivity index (χ4n) is 1.74. The first-order valence-electron chi connectivity index (χ1n) is 6.83. The number of carbonyl (C=O) groups is 1. The zero-order valence-electron chi connectivity index (χ0n) is 12.5. The number of hydrazone groups is 1. The highest BCUT2D eigenvalue weighted by atomic mass is 35.5. The normalized spacial score (nSPS) is 11.1. The van der Waals surface area contributed by atoms with Gasteiger partial charge in [0, 0.05) is 5.02 Å². The lowest BCUT2D eigenvalue weighted by Gasteiger charge is -2.06. The molecule has 0 aliphatic heterocycles. The van der Waals surface area contributed by atoms with Crippen molar-refractivity contribution in [3.63, 3.8) is 0 Å². The third kappa shape index (κ3) is 4.90. The highest BCUT2D eigenvalue weighted by Gasteiger charge is 2.03. The maximum atomic E-state index is 11.7. The quantitative estimate of drug-likeness (QED) is 0.677. The van der Waals surface area contributed by atoms with Crippen molar-refractivity contribution in [2.24, 2.45) is 5.10 Å². The predicted molar refractivity (Wildman–Crippen MR) is 88.5 cm³/mol. The van der Waals surface area contributed by atoms with E-state index in [0.717, 1.165) is 11.3 Å². The van der Waals surface area contributed by atoms with Crippen LogP contribution in [0.4, 0.5) is 0 Å². The second kappa shape index (κ2) is 7.61. The molecule has 1 N–H and O–H groups in total. The van der Waals surface area contributed by atoms with Gasteiger partial charge in [-0.15, -0.1) is 0 Å². The number of carbonyl (C=O) groups excluding carboxylic acids is 1. The van der Waals surface area contributed by atoms with Crippen LogP contribution in [0.5, 0.6) is 5.75 Å². The largest absolute Gasteiger partial charge is 0.484 e. The van der Waals surface area contributed by atoms with Gasteiger partial charge in [0.25, 0.3) is 5.91 Å². The van der Waals surface area contributed by atoms with Crippen molar-refractivity contribution in [1.82, 2.24) is 5.43 Å². The lowest BCUT2D eigenvalue weighted by atomic mass is 10.1. The van der Waals surface area contributed by atoms with Crippen molar-refractivity contribution in [1.29, 1.82) is 0 Å². The van der Waals surface area contributed by atoms with Crippen LogP contribution < -0.4 is 10.2 Å². The topological polar surface area (TPSA) is 50.7 Å². The van der Waals surface area contributed by atoms with E-state index in [9.17, 15) is 4.79 Å². The molecule has 0 aliphatic rings. The Hall–Kier alpha value is -2.33. The van der Waals surface area contributed by atoms with E-state index in [0.29, 0.717) is 10.8 Å². The molecule has 0 saturated carbocycles. The van der Waals surface area contributed by atoms with Crippen molar-refractivity contribution in [3.8, 4) is 5.75 Å². The third-order valence-electron chi connectivity index (χ3n) is 2.98. The first-order chi connectivity index (χ1) is 10.5. The number of nitrogens with zero attached hydrogens (tertiary/aromatic N) is 1. The Labute approximate surface area is 134 Å². The van der Waals surface area contributed by atoms with Gasteiger partial charge in [0.15, 0.2) is 6.61 Å². The number of rotatable bonds is 5. The molecule has 4 nitrogen and oxygen atoms in total. The maximum absolute atomic E-state index is 11.7. The summed E-state index contributed by atoms with van der Waals surface area (Å²) in [5.74, 6) is 0.216. The minimum atomic E-state index is -0.327. The van der Waals surface area contributed by atoms with Crippen LogP contribution in [0, 0.1) is 6.92 Å². The number of nitrogens with one attached hydrogen (secondary N) is 1. The molecule has 5 heteroatoms. The van der Waals surface area contributed by atoms with Crippen LogP contribution >= 0.6 is 11.6 Å². The molecule has 0 saturated heterocycles. The van der Waals surface area contributed by atoms with Gasteiger partial charge in [0.05, 0.1) is 5.71 Å². The summed E-state index contributed by atoms with van der Waals surface area (Å²) in [5.41, 5.74) is 5.34. The number of amides is 1. The molecule has 114 valence electrons. The third-order valence-corrected chi connectivity index (χ3v) is 3.22. The summed E-state index contributed by atoms with van der Waals surface area (Å²) in [6.07, 6.45) is 0. The molecule has 2 aromatic rings. The highest BCUT2D eigenvalue weighted by molar-refractivity contribution is 6.30. The van der Waals surface area contributed by atoms with Crippen molar-refractivity contribution < 1.29 is 9.53 Å². The summed E-state index contributed by atoms with van der Waals surface area (Å²) < 4.78 is 5.34. The summed E-state index contributed by atoms with van der Waals surface area (Å²) in [6.45, 7) is 3.74. The fraction of sp³-hybridized carbons (Fsp3) is 0.176. The zero-order valence-corrected chi connectivity index (χ0v) is 13.2. The highest BCUT2D eigenvalue weighted by Crippen LogP contribution is 2.16. The monoisotopic (exact) mass is 316 g/mol. The van der Waals surface area contributed by atoms with Gasteiger partial charge in [-0.3, -0.25) is 4.79 Å². The lowest BCUT2D eigenvalue weighted by Crippen LogP contribution is -2.25. The Morgan fingerprint density at radius 3 is 2.64 bits per heavy atom. The minimum absolute atomic E-state index is 0.120. The first-order valence-corrected chi connectivity index (χ1v) is 7.21. The molecule has 0 spiro atoms. The van der Waals surface area contributed by atoms with Crippen LogP contribution in [-0.2, 0) is 4.79 Å². The van der Waals surface area contributed by atoms with Gasteiger partial charge in [-0.25, -0.2) is 5.43 Å². The maximum Gasteiger partial charge on any atom is 0.277 e. The number of ether oxygens (including phenoxy) is 1. The van der Waals surface area contributed by atoms with Crippen LogP contribution in [0.3, 0.4) is 0 Å². The number of hydrogen-bond acceptors (Lipinski definition) is 3. The van der Waals surface area contributed by atoms with Crippen molar-refractivity contribution in [2.75, 3.05) is 6.61 Å². The molecule has 2 aromatic carbocycles. The smallest absolute Gasteiger partial charge is 0.277 e. The van der Waals surface area contributed by atoms with Crippen molar-refractivity contribution >= 4 is 23.2 Å². The molecular formula is C17H17ClN2O2. The van der Waals surface area contributed by atoms with E-state index in [1.54, 1.807) is 24.3 Å². The molecular weight excluding hydrogens is 300 g/mol. The Morgan fingerprint density at radius 1 is 1.23 bits per heavy atom. The van der Waals surface area contributed by atoms with Crippen LogP contribution in [0.1, 0.15) is 18.1 Å². The Morgan fingerprint density at radius 2 is 1.95 bits per heavy atom. The zero-order chi connectivity index (χ0) is 15.9. The summed E-state index contributed by atoms with van der Waals surface area (Å²) in [4.78, 5) is 11.7. The van der Waals surface area contributed by atoms with E-state index in [1.807, 2.05) is 38.1 Å². The molecule has 0 aromatic heterocycles. The van der Waals surface area contributed by atoms with Crippen molar-refractivity contribution in [3.05, 3.63) is 64.7 Å². The second-order valence-electron chi connectivity index (χ2n) is 4.84. The Bertz CT molecular complexity index is 681. The lowest BCUT2D eigenvalue weighted by molar-refractivity contribution is -0.123. The Balaban J connectivity index is 1.86. The summed E-state index contributed by atoms with van der Waals surface area (Å²) in [7, 11) is 0. The van der Waals surface area contributed by atoms with Gasteiger partial charge in [-0.05, 0) is 37.6 Å². The van der Waals surface area contributed by atoms with Gasteiger partial charge in [-0.1, -0.05) is 47.5 Å². The van der Waals surface area contributed by atoms with E-state index < -0.39 is 0 Å². The van der Waals surface area contributed by atoms with Gasteiger partial charge in [0.2, 0.25) is 0 Å². The molecule has 0 heterocycles. The van der Waals surface area contributed by atoms with Gasteiger partial charge in [-0.2, -0.15) is 5.10 Å². The molecule has 22 heavy (non-hydrogen) atoms. The number of hydrogen-bond donors (Lipinski definition) is 1. The van der Waals surface area contributed by atoms with Gasteiger partial charge >= 0.3 is 0 Å². The molecule has 0 fully saturated rings. The fourth-order valence-corrected chi connectivity index (χ4v) is 1.92. The number of aryl methyl sites for hydroxylation is 1. The Kier molecular flexibility index (Phi) is 5.55. The van der Waals surface area contributed by atoms with E-state index in [2.05, 4.69) is 10.5 Å². The van der Waals surface area contributed by atoms with Gasteiger partial charge < -0.3 is 4.74 Å². The van der Waals surface area contributed by atoms with E-state index in [1.165, 1.54) is 5.56 Å². The SMILES string of the molecule is C/C(=N\NC(=O)COc1cccc(Cl)c1)c1ccc(C)cc1. The molecule has 2 rings (SSSR count). The number of benzene rings is 2.